The number of aryl methyl sites for hydroxylation is 1. The summed E-state index contributed by atoms with van der Waals surface area (Å²) in [5, 5.41) is 10.4. The topological polar surface area (TPSA) is 26.7 Å². The first kappa shape index (κ1) is 14.5. The van der Waals surface area contributed by atoms with Gasteiger partial charge in [0, 0.05) is 25.7 Å². The zero-order valence-electron chi connectivity index (χ0n) is 12.5. The number of likely N-dealkylation sites (N-methyl/N-ethyl adjacent to an activating group) is 1. The van der Waals surface area contributed by atoms with Crippen LogP contribution in [0.3, 0.4) is 0 Å². The highest BCUT2D eigenvalue weighted by Crippen LogP contribution is 2.23. The van der Waals surface area contributed by atoms with Gasteiger partial charge in [0.2, 0.25) is 0 Å². The van der Waals surface area contributed by atoms with Crippen molar-refractivity contribution in [3.05, 3.63) is 35.4 Å². The van der Waals surface area contributed by atoms with Crippen LogP contribution in [0.4, 0.5) is 0 Å². The van der Waals surface area contributed by atoms with Gasteiger partial charge in [0.05, 0.1) is 6.10 Å². The maximum absolute atomic E-state index is 10.4. The van der Waals surface area contributed by atoms with Gasteiger partial charge in [-0.1, -0.05) is 36.8 Å². The van der Waals surface area contributed by atoms with E-state index >= 15 is 0 Å². The Morgan fingerprint density at radius 1 is 1.37 bits per heavy atom. The van der Waals surface area contributed by atoms with Crippen LogP contribution in [0.15, 0.2) is 24.3 Å². The Labute approximate surface area is 116 Å². The molecule has 1 N–H and O–H groups in total. The monoisotopic (exact) mass is 262 g/mol. The third kappa shape index (κ3) is 3.56. The van der Waals surface area contributed by atoms with Crippen molar-refractivity contribution in [2.75, 3.05) is 33.7 Å². The van der Waals surface area contributed by atoms with Crippen molar-refractivity contribution in [3.8, 4) is 0 Å². The Morgan fingerprint density at radius 3 is 2.68 bits per heavy atom. The van der Waals surface area contributed by atoms with E-state index in [0.29, 0.717) is 12.0 Å². The largest absolute Gasteiger partial charge is 0.387 e. The molecule has 106 valence electrons. The number of benzene rings is 1. The summed E-state index contributed by atoms with van der Waals surface area (Å²) in [7, 11) is 4.28. The molecule has 3 atom stereocenters. The fraction of sp³-hybridized carbons (Fsp3) is 0.625. The number of hydrogen-bond acceptors (Lipinski definition) is 3. The van der Waals surface area contributed by atoms with Crippen LogP contribution in [-0.4, -0.2) is 54.7 Å². The standard InChI is InChI=1S/C16H26N2O/c1-12-6-5-7-14(8-12)16(19)11-18-9-13(2)15(10-18)17(3)4/h5-8,13,15-16,19H,9-11H2,1-4H3. The molecule has 0 aromatic heterocycles. The summed E-state index contributed by atoms with van der Waals surface area (Å²) < 4.78 is 0. The number of β-amino-alcohol motifs (C(OH)–C–C–N with tert-alkyl or cyclic N) is 1. The van der Waals surface area contributed by atoms with E-state index in [1.807, 2.05) is 12.1 Å². The Kier molecular flexibility index (Phi) is 4.61. The molecule has 1 fully saturated rings. The quantitative estimate of drug-likeness (QED) is 0.898. The minimum Gasteiger partial charge on any atom is -0.387 e. The molecule has 3 nitrogen and oxygen atoms in total. The van der Waals surface area contributed by atoms with Gasteiger partial charge in [0.1, 0.15) is 0 Å². The molecule has 0 radical (unpaired) electrons. The van der Waals surface area contributed by atoms with E-state index in [9.17, 15) is 5.11 Å². The molecule has 1 aliphatic rings. The van der Waals surface area contributed by atoms with Gasteiger partial charge >= 0.3 is 0 Å². The van der Waals surface area contributed by atoms with E-state index < -0.39 is 0 Å². The molecular formula is C16H26N2O. The zero-order valence-corrected chi connectivity index (χ0v) is 12.5. The van der Waals surface area contributed by atoms with Gasteiger partial charge in [-0.15, -0.1) is 0 Å². The summed E-state index contributed by atoms with van der Waals surface area (Å²) in [6, 6.07) is 8.78. The van der Waals surface area contributed by atoms with Gasteiger partial charge in [-0.3, -0.25) is 4.90 Å². The normalized spacial score (nSPS) is 26.0. The number of nitrogens with zero attached hydrogens (tertiary/aromatic N) is 2. The Balaban J connectivity index is 1.95. The van der Waals surface area contributed by atoms with E-state index in [0.717, 1.165) is 25.2 Å². The highest BCUT2D eigenvalue weighted by molar-refractivity contribution is 5.24. The third-order valence-corrected chi connectivity index (χ3v) is 4.17. The number of rotatable bonds is 4. The molecule has 0 amide bonds. The molecule has 1 saturated heterocycles. The summed E-state index contributed by atoms with van der Waals surface area (Å²) in [6.45, 7) is 7.22. The average molecular weight is 262 g/mol. The lowest BCUT2D eigenvalue weighted by Gasteiger charge is -2.23. The van der Waals surface area contributed by atoms with Crippen molar-refractivity contribution in [3.63, 3.8) is 0 Å². The number of aliphatic hydroxyl groups excluding tert-OH is 1. The van der Waals surface area contributed by atoms with Crippen LogP contribution in [0.2, 0.25) is 0 Å². The van der Waals surface area contributed by atoms with Gasteiger partial charge in [-0.25, -0.2) is 0 Å². The smallest absolute Gasteiger partial charge is 0.0917 e. The van der Waals surface area contributed by atoms with E-state index in [2.05, 4.69) is 49.9 Å². The van der Waals surface area contributed by atoms with Crippen molar-refractivity contribution in [1.29, 1.82) is 0 Å². The molecule has 3 heteroatoms. The predicted octanol–water partition coefficient (Wildman–Crippen LogP) is 1.91. The molecular weight excluding hydrogens is 236 g/mol. The van der Waals surface area contributed by atoms with Crippen LogP contribution in [0.25, 0.3) is 0 Å². The molecule has 3 unspecified atom stereocenters. The molecule has 1 aliphatic heterocycles. The second-order valence-corrected chi connectivity index (χ2v) is 6.16. The maximum Gasteiger partial charge on any atom is 0.0917 e. The lowest BCUT2D eigenvalue weighted by atomic mass is 10.1. The summed E-state index contributed by atoms with van der Waals surface area (Å²) in [5.41, 5.74) is 2.23. The van der Waals surface area contributed by atoms with Crippen molar-refractivity contribution < 1.29 is 5.11 Å². The molecule has 0 aliphatic carbocycles. The van der Waals surface area contributed by atoms with Gasteiger partial charge in [0.25, 0.3) is 0 Å². The van der Waals surface area contributed by atoms with E-state index in [-0.39, 0.29) is 6.10 Å². The summed E-state index contributed by atoms with van der Waals surface area (Å²) in [6.07, 6.45) is -0.381. The van der Waals surface area contributed by atoms with Crippen molar-refractivity contribution >= 4 is 0 Å². The molecule has 1 aromatic carbocycles. The van der Waals surface area contributed by atoms with E-state index in [1.165, 1.54) is 5.56 Å². The number of aliphatic hydroxyl groups is 1. The Hall–Kier alpha value is -0.900. The van der Waals surface area contributed by atoms with Crippen molar-refractivity contribution in [1.82, 2.24) is 9.80 Å². The molecule has 19 heavy (non-hydrogen) atoms. The fourth-order valence-corrected chi connectivity index (χ4v) is 3.10. The molecule has 0 spiro atoms. The molecule has 1 aromatic rings. The average Bonchev–Trinajstić information content (AvgIpc) is 2.70. The van der Waals surface area contributed by atoms with E-state index in [1.54, 1.807) is 0 Å². The first-order chi connectivity index (χ1) is 8.97. The Morgan fingerprint density at radius 2 is 2.11 bits per heavy atom. The second-order valence-electron chi connectivity index (χ2n) is 6.16. The lowest BCUT2D eigenvalue weighted by molar-refractivity contribution is 0.121. The Bertz CT molecular complexity index is 419. The van der Waals surface area contributed by atoms with Crippen LogP contribution in [0, 0.1) is 12.8 Å². The highest BCUT2D eigenvalue weighted by atomic mass is 16.3. The molecule has 0 bridgehead atoms. The number of hydrogen-bond donors (Lipinski definition) is 1. The van der Waals surface area contributed by atoms with Crippen LogP contribution < -0.4 is 0 Å². The fourth-order valence-electron chi connectivity index (χ4n) is 3.10. The minimum absolute atomic E-state index is 0.381. The third-order valence-electron chi connectivity index (χ3n) is 4.17. The number of likely N-dealkylation sites (tertiary alicyclic amines) is 1. The minimum atomic E-state index is -0.381. The summed E-state index contributed by atoms with van der Waals surface area (Å²) in [4.78, 5) is 4.67. The van der Waals surface area contributed by atoms with E-state index in [4.69, 9.17) is 0 Å². The van der Waals surface area contributed by atoms with Crippen LogP contribution >= 0.6 is 0 Å². The highest BCUT2D eigenvalue weighted by Gasteiger charge is 2.31. The maximum atomic E-state index is 10.4. The van der Waals surface area contributed by atoms with Crippen LogP contribution in [-0.2, 0) is 0 Å². The van der Waals surface area contributed by atoms with Gasteiger partial charge in [-0.2, -0.15) is 0 Å². The van der Waals surface area contributed by atoms with Crippen molar-refractivity contribution in [2.24, 2.45) is 5.92 Å². The SMILES string of the molecule is Cc1cccc(C(O)CN2CC(C)C(N(C)C)C2)c1. The van der Waals surface area contributed by atoms with Crippen LogP contribution in [0.5, 0.6) is 0 Å². The van der Waals surface area contributed by atoms with Gasteiger partial charge < -0.3 is 10.0 Å². The second kappa shape index (κ2) is 6.04. The van der Waals surface area contributed by atoms with Gasteiger partial charge in [0.15, 0.2) is 0 Å². The first-order valence-electron chi connectivity index (χ1n) is 7.10. The summed E-state index contributed by atoms with van der Waals surface area (Å²) >= 11 is 0. The first-order valence-corrected chi connectivity index (χ1v) is 7.10. The molecule has 1 heterocycles. The van der Waals surface area contributed by atoms with Crippen molar-refractivity contribution in [2.45, 2.75) is 26.0 Å². The van der Waals surface area contributed by atoms with Crippen LogP contribution in [0.1, 0.15) is 24.2 Å². The molecule has 0 saturated carbocycles. The zero-order chi connectivity index (χ0) is 14.0. The predicted molar refractivity (Wildman–Crippen MR) is 79.2 cm³/mol. The van der Waals surface area contributed by atoms with Gasteiger partial charge in [-0.05, 0) is 32.5 Å². The lowest BCUT2D eigenvalue weighted by Crippen LogP contribution is -2.35. The molecule has 2 rings (SSSR count). The summed E-state index contributed by atoms with van der Waals surface area (Å²) in [5.74, 6) is 0.666.